The maximum Gasteiger partial charge on any atom is 0.0474 e. The SMILES string of the molecule is CN1CCN(Cc2cccc(CCl)c2)CC1. The number of benzene rings is 1. The van der Waals surface area contributed by atoms with Gasteiger partial charge in [-0.15, -0.1) is 11.6 Å². The fourth-order valence-electron chi connectivity index (χ4n) is 2.08. The van der Waals surface area contributed by atoms with E-state index in [9.17, 15) is 0 Å². The van der Waals surface area contributed by atoms with E-state index in [4.69, 9.17) is 11.6 Å². The number of hydrogen-bond acceptors (Lipinski definition) is 2. The largest absolute Gasteiger partial charge is 0.304 e. The summed E-state index contributed by atoms with van der Waals surface area (Å²) in [7, 11) is 2.19. The molecule has 0 spiro atoms. The van der Waals surface area contributed by atoms with Gasteiger partial charge < -0.3 is 4.90 Å². The molecule has 0 unspecified atom stereocenters. The summed E-state index contributed by atoms with van der Waals surface area (Å²) in [5.74, 6) is 0.608. The Kier molecular flexibility index (Phi) is 4.22. The zero-order chi connectivity index (χ0) is 11.4. The molecule has 1 aliphatic heterocycles. The topological polar surface area (TPSA) is 6.48 Å². The van der Waals surface area contributed by atoms with E-state index in [1.54, 1.807) is 0 Å². The minimum absolute atomic E-state index is 0.608. The van der Waals surface area contributed by atoms with E-state index >= 15 is 0 Å². The third-order valence-electron chi connectivity index (χ3n) is 3.15. The first kappa shape index (κ1) is 11.9. The summed E-state index contributed by atoms with van der Waals surface area (Å²) in [4.78, 5) is 4.89. The smallest absolute Gasteiger partial charge is 0.0474 e. The summed E-state index contributed by atoms with van der Waals surface area (Å²) in [6.45, 7) is 5.74. The molecule has 1 aromatic rings. The van der Waals surface area contributed by atoms with E-state index in [1.165, 1.54) is 37.3 Å². The van der Waals surface area contributed by atoms with Crippen molar-refractivity contribution in [3.63, 3.8) is 0 Å². The lowest BCUT2D eigenvalue weighted by Gasteiger charge is -2.32. The minimum atomic E-state index is 0.608. The van der Waals surface area contributed by atoms with E-state index in [-0.39, 0.29) is 0 Å². The molecule has 1 aromatic carbocycles. The summed E-state index contributed by atoms with van der Waals surface area (Å²) in [6.07, 6.45) is 0. The highest BCUT2D eigenvalue weighted by Crippen LogP contribution is 2.11. The molecule has 0 aliphatic carbocycles. The number of hydrogen-bond donors (Lipinski definition) is 0. The predicted molar refractivity (Wildman–Crippen MR) is 68.8 cm³/mol. The second-order valence-corrected chi connectivity index (χ2v) is 4.80. The third kappa shape index (κ3) is 3.21. The number of nitrogens with zero attached hydrogens (tertiary/aromatic N) is 2. The summed E-state index contributed by atoms with van der Waals surface area (Å²) >= 11 is 5.84. The van der Waals surface area contributed by atoms with Crippen molar-refractivity contribution in [1.29, 1.82) is 0 Å². The molecule has 1 heterocycles. The van der Waals surface area contributed by atoms with Crippen molar-refractivity contribution >= 4 is 11.6 Å². The van der Waals surface area contributed by atoms with Gasteiger partial charge in [0, 0.05) is 38.6 Å². The predicted octanol–water partition coefficient (Wildman–Crippen LogP) is 2.17. The number of likely N-dealkylation sites (N-methyl/N-ethyl adjacent to an activating group) is 1. The van der Waals surface area contributed by atoms with Crippen LogP contribution in [0.25, 0.3) is 0 Å². The van der Waals surface area contributed by atoms with Gasteiger partial charge in [-0.1, -0.05) is 24.3 Å². The van der Waals surface area contributed by atoms with Crippen LogP contribution in [0, 0.1) is 0 Å². The van der Waals surface area contributed by atoms with Crippen LogP contribution < -0.4 is 0 Å². The first-order chi connectivity index (χ1) is 7.78. The third-order valence-corrected chi connectivity index (χ3v) is 3.46. The number of piperazine rings is 1. The molecule has 2 nitrogen and oxygen atoms in total. The molecule has 0 bridgehead atoms. The Labute approximate surface area is 103 Å². The lowest BCUT2D eigenvalue weighted by atomic mass is 10.1. The number of rotatable bonds is 3. The molecule has 88 valence electrons. The first-order valence-corrected chi connectivity index (χ1v) is 6.36. The van der Waals surface area contributed by atoms with Crippen LogP contribution in [-0.4, -0.2) is 43.0 Å². The van der Waals surface area contributed by atoms with E-state index in [2.05, 4.69) is 41.1 Å². The summed E-state index contributed by atoms with van der Waals surface area (Å²) < 4.78 is 0. The molecule has 0 saturated carbocycles. The highest BCUT2D eigenvalue weighted by atomic mass is 35.5. The Morgan fingerprint density at radius 1 is 1.12 bits per heavy atom. The minimum Gasteiger partial charge on any atom is -0.304 e. The van der Waals surface area contributed by atoms with Gasteiger partial charge in [-0.2, -0.15) is 0 Å². The van der Waals surface area contributed by atoms with Gasteiger partial charge in [0.2, 0.25) is 0 Å². The zero-order valence-corrected chi connectivity index (χ0v) is 10.6. The normalized spacial score (nSPS) is 18.9. The molecule has 1 aliphatic rings. The van der Waals surface area contributed by atoms with Gasteiger partial charge >= 0.3 is 0 Å². The van der Waals surface area contributed by atoms with Gasteiger partial charge in [-0.05, 0) is 18.2 Å². The quantitative estimate of drug-likeness (QED) is 0.745. The standard InChI is InChI=1S/C13H19ClN2/c1-15-5-7-16(8-6-15)11-13-4-2-3-12(9-13)10-14/h2-4,9H,5-8,10-11H2,1H3. The van der Waals surface area contributed by atoms with Gasteiger partial charge in [0.25, 0.3) is 0 Å². The van der Waals surface area contributed by atoms with Gasteiger partial charge in [0.05, 0.1) is 0 Å². The van der Waals surface area contributed by atoms with Crippen LogP contribution in [0.15, 0.2) is 24.3 Å². The molecule has 0 radical (unpaired) electrons. The van der Waals surface area contributed by atoms with E-state index in [0.717, 1.165) is 6.54 Å². The van der Waals surface area contributed by atoms with Gasteiger partial charge in [0.15, 0.2) is 0 Å². The van der Waals surface area contributed by atoms with Crippen molar-refractivity contribution in [3.8, 4) is 0 Å². The summed E-state index contributed by atoms with van der Waals surface area (Å²) in [5.41, 5.74) is 2.59. The fraction of sp³-hybridized carbons (Fsp3) is 0.538. The van der Waals surface area contributed by atoms with E-state index < -0.39 is 0 Å². The molecule has 16 heavy (non-hydrogen) atoms. The Morgan fingerprint density at radius 2 is 1.81 bits per heavy atom. The molecule has 2 rings (SSSR count). The monoisotopic (exact) mass is 238 g/mol. The van der Waals surface area contributed by atoms with Crippen molar-refractivity contribution in [3.05, 3.63) is 35.4 Å². The van der Waals surface area contributed by atoms with E-state index in [0.29, 0.717) is 5.88 Å². The van der Waals surface area contributed by atoms with Crippen LogP contribution >= 0.6 is 11.6 Å². The van der Waals surface area contributed by atoms with Crippen molar-refractivity contribution < 1.29 is 0 Å². The molecule has 1 fully saturated rings. The van der Waals surface area contributed by atoms with Crippen LogP contribution in [0.3, 0.4) is 0 Å². The van der Waals surface area contributed by atoms with Crippen LogP contribution in [0.2, 0.25) is 0 Å². The molecule has 0 aromatic heterocycles. The van der Waals surface area contributed by atoms with Gasteiger partial charge in [0.1, 0.15) is 0 Å². The molecular formula is C13H19ClN2. The van der Waals surface area contributed by atoms with Crippen molar-refractivity contribution in [2.24, 2.45) is 0 Å². The average molecular weight is 239 g/mol. The Morgan fingerprint density at radius 3 is 2.50 bits per heavy atom. The van der Waals surface area contributed by atoms with Crippen LogP contribution in [-0.2, 0) is 12.4 Å². The summed E-state index contributed by atoms with van der Waals surface area (Å²) in [6, 6.07) is 8.59. The molecule has 0 atom stereocenters. The van der Waals surface area contributed by atoms with Gasteiger partial charge in [-0.25, -0.2) is 0 Å². The molecule has 0 amide bonds. The lowest BCUT2D eigenvalue weighted by Crippen LogP contribution is -2.43. The second kappa shape index (κ2) is 5.67. The Hall–Kier alpha value is -0.570. The highest BCUT2D eigenvalue weighted by Gasteiger charge is 2.13. The van der Waals surface area contributed by atoms with Crippen LogP contribution in [0.4, 0.5) is 0 Å². The maximum absolute atomic E-state index is 5.84. The number of halogens is 1. The first-order valence-electron chi connectivity index (χ1n) is 5.82. The van der Waals surface area contributed by atoms with Crippen LogP contribution in [0.1, 0.15) is 11.1 Å². The van der Waals surface area contributed by atoms with Crippen molar-refractivity contribution in [2.75, 3.05) is 33.2 Å². The zero-order valence-electron chi connectivity index (χ0n) is 9.82. The number of alkyl halides is 1. The van der Waals surface area contributed by atoms with E-state index in [1.807, 2.05) is 0 Å². The Balaban J connectivity index is 1.93. The fourth-order valence-corrected chi connectivity index (χ4v) is 2.24. The lowest BCUT2D eigenvalue weighted by molar-refractivity contribution is 0.148. The second-order valence-electron chi connectivity index (χ2n) is 4.53. The highest BCUT2D eigenvalue weighted by molar-refractivity contribution is 6.17. The Bertz CT molecular complexity index is 332. The van der Waals surface area contributed by atoms with Gasteiger partial charge in [-0.3, -0.25) is 4.90 Å². The molecular weight excluding hydrogens is 220 g/mol. The van der Waals surface area contributed by atoms with Crippen molar-refractivity contribution in [1.82, 2.24) is 9.80 Å². The summed E-state index contributed by atoms with van der Waals surface area (Å²) in [5, 5.41) is 0. The van der Waals surface area contributed by atoms with Crippen molar-refractivity contribution in [2.45, 2.75) is 12.4 Å². The molecule has 3 heteroatoms. The van der Waals surface area contributed by atoms with Crippen LogP contribution in [0.5, 0.6) is 0 Å². The maximum atomic E-state index is 5.84. The molecule has 0 N–H and O–H groups in total. The molecule has 1 saturated heterocycles. The average Bonchev–Trinajstić information content (AvgIpc) is 2.32.